The fourth-order valence-electron chi connectivity index (χ4n) is 1.15. The summed E-state index contributed by atoms with van der Waals surface area (Å²) in [6.45, 7) is 25.2. The van der Waals surface area contributed by atoms with E-state index >= 15 is 0 Å². The summed E-state index contributed by atoms with van der Waals surface area (Å²) in [5.74, 6) is 1.42. The molecule has 0 aromatic heterocycles. The third-order valence-corrected chi connectivity index (χ3v) is 4.36. The largest absolute Gasteiger partial charge is 0.676 e. The Balaban J connectivity index is -0.000000305. The van der Waals surface area contributed by atoms with Gasteiger partial charge >= 0.3 is 65.0 Å². The van der Waals surface area contributed by atoms with Crippen LogP contribution in [-0.2, 0) is 18.2 Å². The Morgan fingerprint density at radius 1 is 0.750 bits per heavy atom. The van der Waals surface area contributed by atoms with E-state index in [2.05, 4.69) is 101 Å². The van der Waals surface area contributed by atoms with Crippen molar-refractivity contribution in [1.29, 1.82) is 0 Å². The third kappa shape index (κ3) is 38.0. The van der Waals surface area contributed by atoms with Crippen molar-refractivity contribution in [3.05, 3.63) is 16.6 Å². The van der Waals surface area contributed by atoms with Crippen LogP contribution >= 0.6 is 0 Å². The molecule has 0 rings (SSSR count). The Morgan fingerprint density at radius 2 is 1.04 bits per heavy atom. The molecular formula is C19H43MoN4-3. The Morgan fingerprint density at radius 3 is 1.21 bits per heavy atom. The average molecular weight is 424 g/mol. The maximum Gasteiger partial charge on any atom is -0.0684 e. The predicted molar refractivity (Wildman–Crippen MR) is 106 cm³/mol. The van der Waals surface area contributed by atoms with E-state index in [1.165, 1.54) is 5.92 Å². The zero-order chi connectivity index (χ0) is 19.7. The van der Waals surface area contributed by atoms with Gasteiger partial charge in [0.15, 0.2) is 0 Å². The third-order valence-electron chi connectivity index (χ3n) is 1.82. The average Bonchev–Trinajstić information content (AvgIpc) is 2.35. The van der Waals surface area contributed by atoms with Crippen LogP contribution in [0.15, 0.2) is 6.99 Å². The van der Waals surface area contributed by atoms with Crippen LogP contribution in [0.1, 0.15) is 89.5 Å². The van der Waals surface area contributed by atoms with E-state index in [4.69, 9.17) is 0 Å². The van der Waals surface area contributed by atoms with E-state index in [-0.39, 0.29) is 24.4 Å². The fourth-order valence-corrected chi connectivity index (χ4v) is 2.21. The van der Waals surface area contributed by atoms with Gasteiger partial charge in [0.2, 0.25) is 0 Å². The van der Waals surface area contributed by atoms with Crippen LogP contribution in [0.4, 0.5) is 0 Å². The molecule has 0 atom stereocenters. The predicted octanol–water partition coefficient (Wildman–Crippen LogP) is 7.16. The second-order valence-electron chi connectivity index (χ2n) is 7.35. The summed E-state index contributed by atoms with van der Waals surface area (Å²) in [6.07, 6.45) is 1.24. The monoisotopic (exact) mass is 425 g/mol. The van der Waals surface area contributed by atoms with Gasteiger partial charge in [0.05, 0.1) is 0 Å². The van der Waals surface area contributed by atoms with Crippen LogP contribution in [0.5, 0.6) is 0 Å². The van der Waals surface area contributed by atoms with Crippen LogP contribution in [0.2, 0.25) is 0 Å². The van der Waals surface area contributed by atoms with Crippen LogP contribution in [0.3, 0.4) is 0 Å². The molecule has 0 unspecified atom stereocenters. The molecule has 0 aromatic rings. The molecule has 0 saturated carbocycles. The standard InChI is InChI=1S/C9H20N2.C4H9.2C3H7N.Mo/c1-6-9(10-7(2)3)11-8(4)5;1-4(2)3;2*1-3(2)4;/h7-9H,6H2,1-5H3;1-3H3;2*3H,1-2H3;/q-2;-1;;;. The van der Waals surface area contributed by atoms with E-state index in [1.54, 1.807) is 0 Å². The fraction of sp³-hybridized carbons (Fsp3) is 0.947. The first-order valence-corrected chi connectivity index (χ1v) is 10.9. The van der Waals surface area contributed by atoms with Crippen molar-refractivity contribution in [2.75, 3.05) is 0 Å². The number of hydrogen-bond acceptors (Lipinski definition) is 2. The topological polar surface area (TPSA) is 52.9 Å². The van der Waals surface area contributed by atoms with Gasteiger partial charge in [-0.3, -0.25) is 0 Å². The summed E-state index contributed by atoms with van der Waals surface area (Å²) in [5, 5.41) is 8.94. The first kappa shape index (κ1) is 29.0. The number of rotatable bonds is 7. The van der Waals surface area contributed by atoms with Crippen molar-refractivity contribution >= 4 is 0 Å². The van der Waals surface area contributed by atoms with Gasteiger partial charge in [-0.25, -0.2) is 6.17 Å². The Kier molecular flexibility index (Phi) is 23.6. The van der Waals surface area contributed by atoms with Crippen LogP contribution < -0.4 is 0 Å². The number of hydrogen-bond donors (Lipinski definition) is 0. The van der Waals surface area contributed by atoms with Gasteiger partial charge in [-0.05, 0) is 0 Å². The first-order chi connectivity index (χ1) is 10.9. The molecule has 0 aliphatic rings. The summed E-state index contributed by atoms with van der Waals surface area (Å²) in [5.41, 5.74) is 0. The quantitative estimate of drug-likeness (QED) is 0.308. The molecule has 4 nitrogen and oxygen atoms in total. The summed E-state index contributed by atoms with van der Waals surface area (Å²) >= 11 is -0.364. The summed E-state index contributed by atoms with van der Waals surface area (Å²) in [6, 6.07) is 1.77. The molecule has 0 aliphatic carbocycles. The molecular weight excluding hydrogens is 380 g/mol. The molecule has 0 amide bonds. The summed E-state index contributed by atoms with van der Waals surface area (Å²) in [7, 11) is 0. The second kappa shape index (κ2) is 19.5. The molecule has 0 aliphatic heterocycles. The second-order valence-corrected chi connectivity index (χ2v) is 8.79. The van der Waals surface area contributed by atoms with E-state index in [1.807, 2.05) is 0 Å². The van der Waals surface area contributed by atoms with Crippen molar-refractivity contribution in [3.8, 4) is 0 Å². The van der Waals surface area contributed by atoms with Crippen molar-refractivity contribution < 1.29 is 18.2 Å². The summed E-state index contributed by atoms with van der Waals surface area (Å²) < 4.78 is 8.66. The minimum atomic E-state index is -0.364. The molecule has 0 heterocycles. The smallest absolute Gasteiger partial charge is 0.0684 e. The first-order valence-electron chi connectivity index (χ1n) is 9.15. The molecule has 0 fully saturated rings. The van der Waals surface area contributed by atoms with Gasteiger partial charge in [-0.15, -0.1) is 12.1 Å². The minimum Gasteiger partial charge on any atom is -0.676 e. The minimum absolute atomic E-state index is 0.218. The SMILES string of the molecule is CC(C)[N]=[Mo]=[N]C(C)C.CCC([N-]C(C)C)[N-]C(C)C.C[C-](C)C. The van der Waals surface area contributed by atoms with Crippen molar-refractivity contribution in [1.82, 2.24) is 0 Å². The van der Waals surface area contributed by atoms with Gasteiger partial charge in [0.25, 0.3) is 0 Å². The molecule has 0 saturated heterocycles. The van der Waals surface area contributed by atoms with Gasteiger partial charge in [-0.1, -0.05) is 41.0 Å². The van der Waals surface area contributed by atoms with E-state index in [0.29, 0.717) is 24.2 Å². The van der Waals surface area contributed by atoms with Crippen molar-refractivity contribution in [3.63, 3.8) is 0 Å². The zero-order valence-electron chi connectivity index (χ0n) is 18.3. The molecule has 24 heavy (non-hydrogen) atoms. The number of nitrogens with zero attached hydrogens (tertiary/aromatic N) is 4. The van der Waals surface area contributed by atoms with Crippen LogP contribution in [-0.4, -0.2) is 30.3 Å². The van der Waals surface area contributed by atoms with Crippen LogP contribution in [0.25, 0.3) is 10.6 Å². The normalized spacial score (nSPS) is 10.8. The van der Waals surface area contributed by atoms with Gasteiger partial charge in [0, 0.05) is 0 Å². The Hall–Kier alpha value is 0.208. The van der Waals surface area contributed by atoms with Crippen LogP contribution in [0, 0.1) is 5.92 Å². The molecule has 5 heteroatoms. The van der Waals surface area contributed by atoms with Gasteiger partial charge in [-0.2, -0.15) is 20.8 Å². The molecule has 0 spiro atoms. The Labute approximate surface area is 161 Å². The molecule has 148 valence electrons. The zero-order valence-corrected chi connectivity index (χ0v) is 20.3. The van der Waals surface area contributed by atoms with Crippen molar-refractivity contribution in [2.45, 2.75) is 120 Å². The Bertz CT molecular complexity index is 282. The van der Waals surface area contributed by atoms with Crippen molar-refractivity contribution in [2.24, 2.45) is 6.99 Å². The van der Waals surface area contributed by atoms with Gasteiger partial charge in [0.1, 0.15) is 0 Å². The maximum absolute atomic E-state index is 4.47. The van der Waals surface area contributed by atoms with E-state index in [0.717, 1.165) is 6.42 Å². The van der Waals surface area contributed by atoms with E-state index in [9.17, 15) is 0 Å². The molecule has 0 radical (unpaired) electrons. The molecule has 0 bridgehead atoms. The van der Waals surface area contributed by atoms with Gasteiger partial charge < -0.3 is 16.6 Å². The molecule has 0 N–H and O–H groups in total. The molecule has 0 aromatic carbocycles. The summed E-state index contributed by atoms with van der Waals surface area (Å²) in [4.78, 5) is 0. The van der Waals surface area contributed by atoms with E-state index < -0.39 is 0 Å². The maximum atomic E-state index is 4.47.